The summed E-state index contributed by atoms with van der Waals surface area (Å²) in [6.07, 6.45) is 19.4. The SMILES string of the molecule is CC(C)(C)CC(=O)O.CC(C)C(N)C(=O)O.CC(C)CC(=O)O.CC1CCNC1C(=O)O.CCC(C)(C)C(=O)O.CCCC(N)C(=O)O.CCCCC(=O)O.CCCCCC(=O)O.CCCCCCC(=O)O.CCCCCCCC(=O)O. The van der Waals surface area contributed by atoms with E-state index in [2.05, 4.69) is 26.1 Å². The van der Waals surface area contributed by atoms with Crippen molar-refractivity contribution in [1.82, 2.24) is 5.32 Å². The first kappa shape index (κ1) is 95.8. The molecule has 0 radical (unpaired) electrons. The maximum atomic E-state index is 10.3. The van der Waals surface area contributed by atoms with Crippen molar-refractivity contribution in [3.05, 3.63) is 0 Å². The molecule has 1 aliphatic rings. The summed E-state index contributed by atoms with van der Waals surface area (Å²) in [6.45, 7) is 31.3. The quantitative estimate of drug-likeness (QED) is 0.0309. The van der Waals surface area contributed by atoms with Crippen molar-refractivity contribution in [3.63, 3.8) is 0 Å². The first-order chi connectivity index (χ1) is 37.6. The molecular weight excluding hydrogens is 1070 g/mol. The van der Waals surface area contributed by atoms with Gasteiger partial charge in [-0.15, -0.1) is 0 Å². The Balaban J connectivity index is -0.000000103. The van der Waals surface area contributed by atoms with Crippen molar-refractivity contribution in [2.45, 2.75) is 283 Å². The smallest absolute Gasteiger partial charge is 0.320 e. The minimum Gasteiger partial charge on any atom is -0.481 e. The predicted molar refractivity (Wildman–Crippen MR) is 321 cm³/mol. The number of nitrogens with one attached hydrogen (secondary N) is 1. The highest BCUT2D eigenvalue weighted by Gasteiger charge is 2.28. The molecule has 1 fully saturated rings. The van der Waals surface area contributed by atoms with Crippen molar-refractivity contribution < 1.29 is 99.0 Å². The molecule has 23 nitrogen and oxygen atoms in total. The molecule has 82 heavy (non-hydrogen) atoms. The maximum absolute atomic E-state index is 10.3. The zero-order valence-electron chi connectivity index (χ0n) is 53.4. The van der Waals surface area contributed by atoms with E-state index in [1.807, 2.05) is 62.3 Å². The average molecular weight is 1190 g/mol. The zero-order chi connectivity index (χ0) is 66.6. The molecule has 0 bridgehead atoms. The van der Waals surface area contributed by atoms with Crippen LogP contribution in [0, 0.1) is 28.6 Å². The minimum atomic E-state index is -0.931. The van der Waals surface area contributed by atoms with Crippen LogP contribution in [-0.2, 0) is 47.9 Å². The predicted octanol–water partition coefficient (Wildman–Crippen LogP) is 11.8. The molecule has 23 heteroatoms. The summed E-state index contributed by atoms with van der Waals surface area (Å²) in [5.41, 5.74) is 9.67. The normalized spacial score (nSPS) is 13.4. The minimum absolute atomic E-state index is 0.0208. The van der Waals surface area contributed by atoms with Crippen LogP contribution in [-0.4, -0.2) is 135 Å². The van der Waals surface area contributed by atoms with E-state index in [0.29, 0.717) is 44.4 Å². The van der Waals surface area contributed by atoms with Crippen LogP contribution in [0.25, 0.3) is 0 Å². The molecule has 1 heterocycles. The monoisotopic (exact) mass is 1190 g/mol. The number of carbonyl (C=O) groups is 10. The van der Waals surface area contributed by atoms with Gasteiger partial charge in [0.1, 0.15) is 18.1 Å². The van der Waals surface area contributed by atoms with E-state index < -0.39 is 77.2 Å². The number of hydrogen-bond donors (Lipinski definition) is 13. The number of carboxylic acid groups (broad SMARTS) is 10. The standard InChI is InChI=1S/C8H16O2.C7H14O2.C6H11NO2.3C6H12O2.2C5H11NO2.2C5H10O2/c1-2-3-4-5-6-7-8(9)10;1-2-3-4-5-6-7(8)9;1-4-2-3-7-5(4)6(8)9;1-6(2,3)4-5(7)8;1-4-6(2,3)5(7)8;1-2-3-4-5-6(7)8;1-3(2)4(6)5(7)8;1-2-3-4(6)5(7)8;1-4(2)3-5(6)7;1-2-3-4-5(6)7/h2-7H2,1H3,(H,9,10);2-6H2,1H3,(H,8,9);4-5,7H,2-3H2,1H3,(H,8,9);2*4H2,1-3H3,(H,7,8);2-5H2,1H3,(H,7,8);3-4H,6H2,1-2H3,(H,7,8);4H,2-3,6H2,1H3,(H,7,8);4H,3H2,1-2H3,(H,6,7);2-4H2,1H3,(H,6,7). The maximum Gasteiger partial charge on any atom is 0.320 e. The third-order valence-corrected chi connectivity index (χ3v) is 10.9. The lowest BCUT2D eigenvalue weighted by Gasteiger charge is -2.14. The largest absolute Gasteiger partial charge is 0.481 e. The molecule has 0 amide bonds. The van der Waals surface area contributed by atoms with Gasteiger partial charge < -0.3 is 67.8 Å². The van der Waals surface area contributed by atoms with Crippen molar-refractivity contribution in [3.8, 4) is 0 Å². The van der Waals surface area contributed by atoms with E-state index in [9.17, 15) is 47.9 Å². The first-order valence-electron chi connectivity index (χ1n) is 29.1. The molecule has 0 aliphatic carbocycles. The molecule has 0 aromatic carbocycles. The Kier molecular flexibility index (Phi) is 75.6. The summed E-state index contributed by atoms with van der Waals surface area (Å²) in [5, 5.41) is 85.3. The third-order valence-electron chi connectivity index (χ3n) is 10.9. The zero-order valence-corrected chi connectivity index (χ0v) is 53.4. The number of aliphatic carboxylic acids is 10. The Hall–Kier alpha value is -5.42. The highest BCUT2D eigenvalue weighted by Crippen LogP contribution is 2.19. The van der Waals surface area contributed by atoms with Crippen molar-refractivity contribution in [1.29, 1.82) is 0 Å². The Bertz CT molecular complexity index is 1620. The van der Waals surface area contributed by atoms with Crippen LogP contribution in [0.2, 0.25) is 0 Å². The molecule has 1 aliphatic heterocycles. The number of unbranched alkanes of at least 4 members (excludes halogenated alkanes) is 10. The second-order valence-electron chi connectivity index (χ2n) is 22.2. The molecule has 1 rings (SSSR count). The van der Waals surface area contributed by atoms with Crippen LogP contribution in [0.1, 0.15) is 265 Å². The van der Waals surface area contributed by atoms with Gasteiger partial charge in [0.2, 0.25) is 0 Å². The van der Waals surface area contributed by atoms with Gasteiger partial charge in [0.15, 0.2) is 0 Å². The van der Waals surface area contributed by atoms with E-state index >= 15 is 0 Å². The molecule has 15 N–H and O–H groups in total. The van der Waals surface area contributed by atoms with Crippen molar-refractivity contribution in [2.75, 3.05) is 6.54 Å². The first-order valence-corrected chi connectivity index (χ1v) is 29.1. The van der Waals surface area contributed by atoms with E-state index in [1.54, 1.807) is 27.7 Å². The summed E-state index contributed by atoms with van der Waals surface area (Å²) in [7, 11) is 0. The van der Waals surface area contributed by atoms with Gasteiger partial charge >= 0.3 is 59.7 Å². The van der Waals surface area contributed by atoms with Gasteiger partial charge in [-0.25, -0.2) is 0 Å². The van der Waals surface area contributed by atoms with E-state index in [-0.39, 0.29) is 36.1 Å². The summed E-state index contributed by atoms with van der Waals surface area (Å²) < 4.78 is 0. The molecule has 0 spiro atoms. The number of hydrogen-bond acceptors (Lipinski definition) is 13. The van der Waals surface area contributed by atoms with E-state index in [4.69, 9.17) is 62.5 Å². The van der Waals surface area contributed by atoms with Gasteiger partial charge in [0.25, 0.3) is 0 Å². The molecular formula is C59H119N3O20. The number of carboxylic acids is 10. The van der Waals surface area contributed by atoms with Crippen LogP contribution in [0.4, 0.5) is 0 Å². The molecule has 490 valence electrons. The molecule has 4 atom stereocenters. The lowest BCUT2D eigenvalue weighted by atomic mass is 9.91. The Labute approximate surface area is 492 Å². The average Bonchev–Trinajstić information content (AvgIpc) is 3.78. The molecule has 0 saturated carbocycles. The van der Waals surface area contributed by atoms with Gasteiger partial charge in [-0.3, -0.25) is 47.9 Å². The highest BCUT2D eigenvalue weighted by molar-refractivity contribution is 5.75. The lowest BCUT2D eigenvalue weighted by molar-refractivity contribution is -0.147. The molecule has 1 saturated heterocycles. The van der Waals surface area contributed by atoms with Crippen LogP contribution in [0.15, 0.2) is 0 Å². The number of nitrogens with two attached hydrogens (primary N) is 2. The fourth-order valence-corrected chi connectivity index (χ4v) is 5.28. The highest BCUT2D eigenvalue weighted by atomic mass is 16.4. The van der Waals surface area contributed by atoms with Gasteiger partial charge in [-0.2, -0.15) is 0 Å². The van der Waals surface area contributed by atoms with Crippen LogP contribution in [0.3, 0.4) is 0 Å². The van der Waals surface area contributed by atoms with E-state index in [0.717, 1.165) is 83.6 Å². The fraction of sp³-hybridized carbons (Fsp3) is 0.831. The van der Waals surface area contributed by atoms with Gasteiger partial charge in [-0.1, -0.05) is 168 Å². The summed E-state index contributed by atoms with van der Waals surface area (Å²) >= 11 is 0. The lowest BCUT2D eigenvalue weighted by Crippen LogP contribution is -2.34. The summed E-state index contributed by atoms with van der Waals surface area (Å²) in [4.78, 5) is 100. The second kappa shape index (κ2) is 64.7. The second-order valence-corrected chi connectivity index (χ2v) is 22.2. The Morgan fingerprint density at radius 2 is 0.841 bits per heavy atom. The van der Waals surface area contributed by atoms with Gasteiger partial charge in [0.05, 0.1) is 11.8 Å². The van der Waals surface area contributed by atoms with Crippen LogP contribution in [0.5, 0.6) is 0 Å². The van der Waals surface area contributed by atoms with E-state index in [1.165, 1.54) is 25.7 Å². The molecule has 0 aromatic rings. The van der Waals surface area contributed by atoms with Gasteiger partial charge in [0, 0.05) is 32.1 Å². The number of rotatable bonds is 29. The Morgan fingerprint density at radius 3 is 0.988 bits per heavy atom. The third kappa shape index (κ3) is 99.9. The van der Waals surface area contributed by atoms with Crippen molar-refractivity contribution in [2.24, 2.45) is 40.1 Å². The molecule has 4 unspecified atom stereocenters. The molecule has 0 aromatic heterocycles. The Morgan fingerprint density at radius 1 is 0.488 bits per heavy atom. The summed E-state index contributed by atoms with van der Waals surface area (Å²) in [5.74, 6) is -6.85. The van der Waals surface area contributed by atoms with Gasteiger partial charge in [-0.05, 0) is 88.5 Å². The van der Waals surface area contributed by atoms with Crippen LogP contribution < -0.4 is 16.8 Å². The topological polar surface area (TPSA) is 437 Å². The van der Waals surface area contributed by atoms with Crippen molar-refractivity contribution >= 4 is 59.7 Å². The summed E-state index contributed by atoms with van der Waals surface area (Å²) in [6, 6.07) is -1.68. The van der Waals surface area contributed by atoms with Crippen LogP contribution >= 0.6 is 0 Å². The fourth-order valence-electron chi connectivity index (χ4n) is 5.28.